The molecule has 2 aliphatic rings. The number of aromatic nitrogens is 3. The lowest BCUT2D eigenvalue weighted by atomic mass is 9.79. The molecule has 6 nitrogen and oxygen atoms in total. The summed E-state index contributed by atoms with van der Waals surface area (Å²) in [5.41, 5.74) is 0. The fraction of sp³-hybridized carbons (Fsp3) is 0.722. The lowest BCUT2D eigenvalue weighted by Gasteiger charge is -2.33. The Morgan fingerprint density at radius 1 is 1.29 bits per heavy atom. The fourth-order valence-corrected chi connectivity index (χ4v) is 4.09. The van der Waals surface area contributed by atoms with E-state index in [-0.39, 0.29) is 0 Å². The highest BCUT2D eigenvalue weighted by Gasteiger charge is 2.33. The predicted molar refractivity (Wildman–Crippen MR) is 96.7 cm³/mol. The average molecular weight is 330 g/mol. The highest BCUT2D eigenvalue weighted by Crippen LogP contribution is 2.41. The van der Waals surface area contributed by atoms with Crippen LogP contribution in [0.25, 0.3) is 0 Å². The van der Waals surface area contributed by atoms with Gasteiger partial charge in [-0.25, -0.2) is 4.99 Å². The summed E-state index contributed by atoms with van der Waals surface area (Å²) in [6.07, 6.45) is 10.0. The van der Waals surface area contributed by atoms with Gasteiger partial charge in [0, 0.05) is 19.6 Å². The summed E-state index contributed by atoms with van der Waals surface area (Å²) >= 11 is 0. The summed E-state index contributed by atoms with van der Waals surface area (Å²) in [7, 11) is 1.98. The van der Waals surface area contributed by atoms with E-state index in [1.54, 1.807) is 0 Å². The van der Waals surface area contributed by atoms with Crippen molar-refractivity contribution in [2.45, 2.75) is 58.0 Å². The number of nitrogens with one attached hydrogen (secondary N) is 2. The maximum absolute atomic E-state index is 4.71. The fourth-order valence-electron chi connectivity index (χ4n) is 4.09. The lowest BCUT2D eigenvalue weighted by molar-refractivity contribution is 0.239. The third kappa shape index (κ3) is 3.97. The number of hydrogen-bond donors (Lipinski definition) is 2. The van der Waals surface area contributed by atoms with Crippen LogP contribution < -0.4 is 10.6 Å². The third-order valence-corrected chi connectivity index (χ3v) is 5.61. The van der Waals surface area contributed by atoms with Gasteiger partial charge in [-0.15, -0.1) is 16.8 Å². The average Bonchev–Trinajstić information content (AvgIpc) is 3.17. The quantitative estimate of drug-likeness (QED) is 0.494. The number of fused-ring (bicyclic) bond motifs is 1. The zero-order valence-corrected chi connectivity index (χ0v) is 15.0. The molecule has 3 unspecified atom stereocenters. The number of hydrogen-bond acceptors (Lipinski definition) is 3. The Morgan fingerprint density at radius 3 is 2.88 bits per heavy atom. The van der Waals surface area contributed by atoms with Gasteiger partial charge in [0.1, 0.15) is 12.4 Å². The Bertz CT molecular complexity index is 590. The molecule has 2 saturated carbocycles. The van der Waals surface area contributed by atoms with Crippen molar-refractivity contribution in [1.29, 1.82) is 0 Å². The standard InChI is InChI=1S/C18H30N6/c1-4-10-19-18(20-12-17-23-22-13(2)24(17)3)21-16-9-8-14-6-5-7-15(14)11-16/h4,14-16H,1,5-12H2,2-3H3,(H2,19,20,21). The van der Waals surface area contributed by atoms with E-state index in [0.29, 0.717) is 19.1 Å². The molecule has 6 heteroatoms. The van der Waals surface area contributed by atoms with Gasteiger partial charge in [0.15, 0.2) is 11.8 Å². The molecule has 0 aliphatic heterocycles. The second-order valence-electron chi connectivity index (χ2n) is 7.16. The van der Waals surface area contributed by atoms with Crippen molar-refractivity contribution in [2.24, 2.45) is 23.9 Å². The van der Waals surface area contributed by atoms with Crippen LogP contribution in [-0.4, -0.2) is 33.3 Å². The minimum absolute atomic E-state index is 0.529. The predicted octanol–water partition coefficient (Wildman–Crippen LogP) is 2.31. The van der Waals surface area contributed by atoms with Crippen molar-refractivity contribution < 1.29 is 0 Å². The van der Waals surface area contributed by atoms with Crippen molar-refractivity contribution in [1.82, 2.24) is 25.4 Å². The van der Waals surface area contributed by atoms with E-state index in [2.05, 4.69) is 27.4 Å². The van der Waals surface area contributed by atoms with E-state index in [1.807, 2.05) is 24.6 Å². The van der Waals surface area contributed by atoms with Gasteiger partial charge in [-0.1, -0.05) is 25.3 Å². The molecule has 132 valence electrons. The number of aryl methyl sites for hydroxylation is 1. The van der Waals surface area contributed by atoms with Crippen LogP contribution in [-0.2, 0) is 13.6 Å². The highest BCUT2D eigenvalue weighted by molar-refractivity contribution is 5.80. The minimum Gasteiger partial charge on any atom is -0.354 e. The van der Waals surface area contributed by atoms with E-state index in [1.165, 1.54) is 38.5 Å². The molecular formula is C18H30N6. The molecule has 0 radical (unpaired) electrons. The molecule has 1 aromatic heterocycles. The highest BCUT2D eigenvalue weighted by atomic mass is 15.3. The first-order valence-corrected chi connectivity index (χ1v) is 9.18. The second-order valence-corrected chi connectivity index (χ2v) is 7.16. The Labute approximate surface area is 144 Å². The Balaban J connectivity index is 1.61. The van der Waals surface area contributed by atoms with Crippen molar-refractivity contribution >= 4 is 5.96 Å². The van der Waals surface area contributed by atoms with Crippen molar-refractivity contribution in [3.63, 3.8) is 0 Å². The van der Waals surface area contributed by atoms with E-state index in [9.17, 15) is 0 Å². The second kappa shape index (κ2) is 7.81. The molecule has 0 saturated heterocycles. The van der Waals surface area contributed by atoms with Crippen LogP contribution >= 0.6 is 0 Å². The zero-order valence-electron chi connectivity index (χ0n) is 15.0. The molecule has 1 aromatic rings. The number of aliphatic imine (C=N–C) groups is 1. The smallest absolute Gasteiger partial charge is 0.192 e. The van der Waals surface area contributed by atoms with Crippen LogP contribution in [0.3, 0.4) is 0 Å². The van der Waals surface area contributed by atoms with Gasteiger partial charge in [0.2, 0.25) is 0 Å². The van der Waals surface area contributed by atoms with E-state index < -0.39 is 0 Å². The summed E-state index contributed by atoms with van der Waals surface area (Å²) in [4.78, 5) is 4.71. The SMILES string of the molecule is C=CCNC(=NCc1nnc(C)n1C)NC1CCC2CCCC2C1. The van der Waals surface area contributed by atoms with Gasteiger partial charge >= 0.3 is 0 Å². The molecule has 3 rings (SSSR count). The van der Waals surface area contributed by atoms with Gasteiger partial charge in [-0.2, -0.15) is 0 Å². The van der Waals surface area contributed by atoms with Crippen molar-refractivity contribution in [3.8, 4) is 0 Å². The molecule has 0 amide bonds. The van der Waals surface area contributed by atoms with E-state index >= 15 is 0 Å². The van der Waals surface area contributed by atoms with Crippen LogP contribution in [0.5, 0.6) is 0 Å². The monoisotopic (exact) mass is 330 g/mol. The summed E-state index contributed by atoms with van der Waals surface area (Å²) in [5.74, 6) is 4.54. The van der Waals surface area contributed by atoms with Crippen molar-refractivity contribution in [3.05, 3.63) is 24.3 Å². The molecule has 24 heavy (non-hydrogen) atoms. The van der Waals surface area contributed by atoms with E-state index in [0.717, 1.165) is 29.4 Å². The molecule has 0 spiro atoms. The molecular weight excluding hydrogens is 300 g/mol. The van der Waals surface area contributed by atoms with Crippen LogP contribution in [0.2, 0.25) is 0 Å². The van der Waals surface area contributed by atoms with Gasteiger partial charge < -0.3 is 15.2 Å². The Kier molecular flexibility index (Phi) is 5.53. The van der Waals surface area contributed by atoms with Crippen LogP contribution in [0, 0.1) is 18.8 Å². The molecule has 0 bridgehead atoms. The van der Waals surface area contributed by atoms with Crippen molar-refractivity contribution in [2.75, 3.05) is 6.54 Å². The molecule has 3 atom stereocenters. The summed E-state index contributed by atoms with van der Waals surface area (Å²) in [5, 5.41) is 15.3. The Morgan fingerprint density at radius 2 is 2.12 bits per heavy atom. The molecule has 2 aliphatic carbocycles. The topological polar surface area (TPSA) is 67.1 Å². The van der Waals surface area contributed by atoms with Gasteiger partial charge in [0.05, 0.1) is 0 Å². The van der Waals surface area contributed by atoms with Gasteiger partial charge in [0.25, 0.3) is 0 Å². The van der Waals surface area contributed by atoms with Crippen LogP contribution in [0.1, 0.15) is 50.2 Å². The third-order valence-electron chi connectivity index (χ3n) is 5.61. The largest absolute Gasteiger partial charge is 0.354 e. The van der Waals surface area contributed by atoms with Crippen LogP contribution in [0.15, 0.2) is 17.6 Å². The van der Waals surface area contributed by atoms with E-state index in [4.69, 9.17) is 4.99 Å². The normalized spacial score (nSPS) is 26.9. The first kappa shape index (κ1) is 17.0. The molecule has 2 fully saturated rings. The van der Waals surface area contributed by atoms with Crippen LogP contribution in [0.4, 0.5) is 0 Å². The minimum atomic E-state index is 0.529. The maximum atomic E-state index is 4.71. The summed E-state index contributed by atoms with van der Waals surface area (Å²) in [6.45, 7) is 6.98. The van der Waals surface area contributed by atoms with Gasteiger partial charge in [-0.3, -0.25) is 0 Å². The molecule has 0 aromatic carbocycles. The van der Waals surface area contributed by atoms with Gasteiger partial charge in [-0.05, 0) is 38.0 Å². The summed E-state index contributed by atoms with van der Waals surface area (Å²) in [6, 6.07) is 0.529. The maximum Gasteiger partial charge on any atom is 0.192 e. The summed E-state index contributed by atoms with van der Waals surface area (Å²) < 4.78 is 1.98. The zero-order chi connectivity index (χ0) is 16.9. The molecule has 2 N–H and O–H groups in total. The number of guanidine groups is 1. The number of nitrogens with zero attached hydrogens (tertiary/aromatic N) is 4. The first-order valence-electron chi connectivity index (χ1n) is 9.18. The number of rotatable bonds is 5. The lowest BCUT2D eigenvalue weighted by Crippen LogP contribution is -2.46. The first-order chi connectivity index (χ1) is 11.7. The Hall–Kier alpha value is -1.85. The molecule has 1 heterocycles.